The third kappa shape index (κ3) is 8.71. The summed E-state index contributed by atoms with van der Waals surface area (Å²) >= 11 is 0. The van der Waals surface area contributed by atoms with Crippen LogP contribution in [0.4, 0.5) is 0 Å². The van der Waals surface area contributed by atoms with Crippen molar-refractivity contribution in [1.29, 1.82) is 0 Å². The highest BCUT2D eigenvalue weighted by atomic mass is 28.4. The molecule has 0 rings (SSSR count). The van der Waals surface area contributed by atoms with Gasteiger partial charge in [0.15, 0.2) is 5.78 Å². The number of unbranched alkanes of at least 4 members (excludes halogenated alkanes) is 3. The van der Waals surface area contributed by atoms with Gasteiger partial charge in [-0.25, -0.2) is 0 Å². The van der Waals surface area contributed by atoms with Crippen molar-refractivity contribution >= 4 is 14.1 Å². The Kier molecular flexibility index (Phi) is 7.39. The summed E-state index contributed by atoms with van der Waals surface area (Å²) in [5.41, 5.74) is 0. The summed E-state index contributed by atoms with van der Waals surface area (Å²) in [6.07, 6.45) is 6.71. The standard InChI is InChI=1S/C13H26O2Si/c1-6-7-8-9-10-16(4,5)15-13(3)11-12(2)14/h11H,6-10H2,1-5H3/b13-11-. The van der Waals surface area contributed by atoms with Gasteiger partial charge in [-0.2, -0.15) is 0 Å². The van der Waals surface area contributed by atoms with E-state index in [4.69, 9.17) is 4.43 Å². The molecule has 0 amide bonds. The maximum absolute atomic E-state index is 10.9. The number of allylic oxidation sites excluding steroid dienone is 2. The van der Waals surface area contributed by atoms with Crippen LogP contribution >= 0.6 is 0 Å². The molecule has 0 heterocycles. The maximum Gasteiger partial charge on any atom is 0.244 e. The monoisotopic (exact) mass is 242 g/mol. The van der Waals surface area contributed by atoms with Crippen molar-refractivity contribution in [2.24, 2.45) is 0 Å². The first-order valence-electron chi connectivity index (χ1n) is 6.25. The molecule has 0 saturated heterocycles. The summed E-state index contributed by atoms with van der Waals surface area (Å²) in [4.78, 5) is 10.9. The summed E-state index contributed by atoms with van der Waals surface area (Å²) < 4.78 is 5.91. The van der Waals surface area contributed by atoms with Crippen LogP contribution in [0.2, 0.25) is 19.1 Å². The first-order valence-corrected chi connectivity index (χ1v) is 9.37. The van der Waals surface area contributed by atoms with Gasteiger partial charge in [0.2, 0.25) is 8.32 Å². The number of hydrogen-bond acceptors (Lipinski definition) is 2. The third-order valence-corrected chi connectivity index (χ3v) is 4.91. The Morgan fingerprint density at radius 2 is 1.81 bits per heavy atom. The lowest BCUT2D eigenvalue weighted by Gasteiger charge is -2.24. The molecule has 0 spiro atoms. The van der Waals surface area contributed by atoms with Gasteiger partial charge in [0.25, 0.3) is 0 Å². The molecule has 0 aliphatic heterocycles. The van der Waals surface area contributed by atoms with Crippen molar-refractivity contribution in [3.63, 3.8) is 0 Å². The summed E-state index contributed by atoms with van der Waals surface area (Å²) in [5, 5.41) is 0. The molecular weight excluding hydrogens is 216 g/mol. The lowest BCUT2D eigenvalue weighted by molar-refractivity contribution is -0.112. The molecular formula is C13H26O2Si. The van der Waals surface area contributed by atoms with Gasteiger partial charge in [0, 0.05) is 6.08 Å². The fraction of sp³-hybridized carbons (Fsp3) is 0.769. The van der Waals surface area contributed by atoms with Crippen LogP contribution in [-0.4, -0.2) is 14.1 Å². The van der Waals surface area contributed by atoms with Crippen LogP contribution in [0.1, 0.15) is 46.5 Å². The highest BCUT2D eigenvalue weighted by Gasteiger charge is 2.23. The molecule has 0 aliphatic carbocycles. The minimum absolute atomic E-state index is 0.0632. The van der Waals surface area contributed by atoms with Crippen molar-refractivity contribution in [2.45, 2.75) is 65.6 Å². The van der Waals surface area contributed by atoms with Crippen molar-refractivity contribution in [3.05, 3.63) is 11.8 Å². The molecule has 94 valence electrons. The zero-order valence-electron chi connectivity index (χ0n) is 11.4. The van der Waals surface area contributed by atoms with Crippen molar-refractivity contribution in [2.75, 3.05) is 0 Å². The van der Waals surface area contributed by atoms with E-state index in [-0.39, 0.29) is 5.78 Å². The molecule has 0 fully saturated rings. The van der Waals surface area contributed by atoms with Crippen LogP contribution in [0.25, 0.3) is 0 Å². The van der Waals surface area contributed by atoms with E-state index >= 15 is 0 Å². The van der Waals surface area contributed by atoms with Crippen molar-refractivity contribution in [1.82, 2.24) is 0 Å². The van der Waals surface area contributed by atoms with E-state index in [1.807, 2.05) is 6.92 Å². The predicted octanol–water partition coefficient (Wildman–Crippen LogP) is 4.28. The van der Waals surface area contributed by atoms with Crippen LogP contribution < -0.4 is 0 Å². The van der Waals surface area contributed by atoms with Gasteiger partial charge in [-0.3, -0.25) is 4.79 Å². The molecule has 0 atom stereocenters. The van der Waals surface area contributed by atoms with Crippen LogP contribution in [-0.2, 0) is 9.22 Å². The van der Waals surface area contributed by atoms with Gasteiger partial charge in [-0.1, -0.05) is 32.6 Å². The third-order valence-electron chi connectivity index (χ3n) is 2.48. The molecule has 0 aliphatic rings. The Morgan fingerprint density at radius 1 is 1.19 bits per heavy atom. The Hall–Kier alpha value is -0.573. The van der Waals surface area contributed by atoms with Crippen molar-refractivity contribution in [3.8, 4) is 0 Å². The topological polar surface area (TPSA) is 26.3 Å². The molecule has 16 heavy (non-hydrogen) atoms. The average molecular weight is 242 g/mol. The van der Waals surface area contributed by atoms with E-state index in [1.165, 1.54) is 31.7 Å². The second-order valence-electron chi connectivity index (χ2n) is 5.04. The minimum Gasteiger partial charge on any atom is -0.547 e. The number of ketones is 1. The highest BCUT2D eigenvalue weighted by Crippen LogP contribution is 2.19. The number of carbonyl (C=O) groups is 1. The minimum atomic E-state index is -1.60. The average Bonchev–Trinajstić information content (AvgIpc) is 2.10. The van der Waals surface area contributed by atoms with Gasteiger partial charge >= 0.3 is 0 Å². The molecule has 0 unspecified atom stereocenters. The molecule has 0 aromatic heterocycles. The maximum atomic E-state index is 10.9. The zero-order chi connectivity index (χ0) is 12.6. The smallest absolute Gasteiger partial charge is 0.244 e. The van der Waals surface area contributed by atoms with Gasteiger partial charge < -0.3 is 4.43 Å². The van der Waals surface area contributed by atoms with E-state index in [0.29, 0.717) is 0 Å². The first-order chi connectivity index (χ1) is 7.37. The Bertz CT molecular complexity index is 244. The second-order valence-corrected chi connectivity index (χ2v) is 9.26. The molecule has 2 nitrogen and oxygen atoms in total. The van der Waals surface area contributed by atoms with Crippen LogP contribution in [0, 0.1) is 0 Å². The van der Waals surface area contributed by atoms with Crippen LogP contribution in [0.15, 0.2) is 11.8 Å². The fourth-order valence-electron chi connectivity index (χ4n) is 1.78. The summed E-state index contributed by atoms with van der Waals surface area (Å²) in [6, 6.07) is 1.18. The zero-order valence-corrected chi connectivity index (χ0v) is 12.4. The van der Waals surface area contributed by atoms with Gasteiger partial charge in [0.05, 0.1) is 5.76 Å². The van der Waals surface area contributed by atoms with E-state index in [9.17, 15) is 4.79 Å². The molecule has 0 aromatic rings. The molecule has 0 bridgehead atoms. The molecule has 0 N–H and O–H groups in total. The van der Waals surface area contributed by atoms with Gasteiger partial charge in [-0.05, 0) is 33.0 Å². The number of hydrogen-bond donors (Lipinski definition) is 0. The normalized spacial score (nSPS) is 12.7. The molecule has 0 saturated carbocycles. The summed E-state index contributed by atoms with van der Waals surface area (Å²) in [6.45, 7) is 10.1. The quantitative estimate of drug-likeness (QED) is 0.275. The fourth-order valence-corrected chi connectivity index (χ4v) is 3.91. The first kappa shape index (κ1) is 15.4. The van der Waals surface area contributed by atoms with Crippen LogP contribution in [0.3, 0.4) is 0 Å². The Balaban J connectivity index is 3.98. The summed E-state index contributed by atoms with van der Waals surface area (Å²) in [5.74, 6) is 0.841. The van der Waals surface area contributed by atoms with E-state index in [2.05, 4.69) is 20.0 Å². The number of rotatable bonds is 8. The SMILES string of the molecule is CCCCCC[Si](C)(C)O/C(C)=C\C(C)=O. The van der Waals surface area contributed by atoms with Crippen molar-refractivity contribution < 1.29 is 9.22 Å². The van der Waals surface area contributed by atoms with E-state index < -0.39 is 8.32 Å². The highest BCUT2D eigenvalue weighted by molar-refractivity contribution is 6.71. The van der Waals surface area contributed by atoms with Crippen LogP contribution in [0.5, 0.6) is 0 Å². The summed E-state index contributed by atoms with van der Waals surface area (Å²) in [7, 11) is -1.60. The molecule has 0 aromatic carbocycles. The Morgan fingerprint density at radius 3 is 2.31 bits per heavy atom. The predicted molar refractivity (Wildman–Crippen MR) is 72.0 cm³/mol. The van der Waals surface area contributed by atoms with E-state index in [0.717, 1.165) is 5.76 Å². The lowest BCUT2D eigenvalue weighted by atomic mass is 10.2. The second kappa shape index (κ2) is 7.66. The Labute approximate surface area is 101 Å². The molecule has 0 radical (unpaired) electrons. The largest absolute Gasteiger partial charge is 0.547 e. The lowest BCUT2D eigenvalue weighted by Crippen LogP contribution is -2.29. The van der Waals surface area contributed by atoms with Gasteiger partial charge in [0.1, 0.15) is 0 Å². The number of carbonyl (C=O) groups excluding carboxylic acids is 1. The van der Waals surface area contributed by atoms with Gasteiger partial charge in [-0.15, -0.1) is 0 Å². The molecule has 3 heteroatoms. The van der Waals surface area contributed by atoms with E-state index in [1.54, 1.807) is 13.0 Å².